The number of carboxylic acid groups (broad SMARTS) is 3. The summed E-state index contributed by atoms with van der Waals surface area (Å²) in [6.45, 7) is -0.676. The van der Waals surface area contributed by atoms with E-state index in [-0.39, 0.29) is 30.4 Å². The predicted molar refractivity (Wildman–Crippen MR) is 98.4 cm³/mol. The van der Waals surface area contributed by atoms with Crippen molar-refractivity contribution in [2.75, 3.05) is 0 Å². The normalized spacial score (nSPS) is 17.2. The summed E-state index contributed by atoms with van der Waals surface area (Å²) in [6.07, 6.45) is -4.34. The van der Waals surface area contributed by atoms with Crippen LogP contribution in [0.2, 0.25) is 0 Å². The van der Waals surface area contributed by atoms with Crippen molar-refractivity contribution in [2.45, 2.75) is 63.1 Å². The zero-order chi connectivity index (χ0) is 25.7. The maximum absolute atomic E-state index is 11.1. The van der Waals surface area contributed by atoms with E-state index in [1.165, 1.54) is 6.20 Å². The summed E-state index contributed by atoms with van der Waals surface area (Å²) in [7, 11) is 0. The molecule has 11 heteroatoms. The molecule has 9 N–H and O–H groups in total. The van der Waals surface area contributed by atoms with Gasteiger partial charge in [-0.2, -0.15) is 0 Å². The molecule has 0 aliphatic rings. The van der Waals surface area contributed by atoms with E-state index in [4.69, 9.17) is 32.9 Å². The maximum atomic E-state index is 11.1. The molecule has 0 aromatic carbocycles. The van der Waals surface area contributed by atoms with Crippen LogP contribution in [-0.4, -0.2) is 51.4 Å². The van der Waals surface area contributed by atoms with Crippen LogP contribution in [0.25, 0.3) is 0 Å². The summed E-state index contributed by atoms with van der Waals surface area (Å²) in [5, 5.41) is 39.3. The summed E-state index contributed by atoms with van der Waals surface area (Å²) in [4.78, 5) is 33.0. The van der Waals surface area contributed by atoms with Crippen molar-refractivity contribution >= 4 is 17.9 Å². The Bertz CT molecular complexity index is 901. The molecule has 1 aromatic heterocycles. The van der Waals surface area contributed by atoms with Gasteiger partial charge in [-0.1, -0.05) is 0 Å². The van der Waals surface area contributed by atoms with Gasteiger partial charge in [-0.3, -0.25) is 9.59 Å². The zero-order valence-corrected chi connectivity index (χ0v) is 15.6. The third-order valence-electron chi connectivity index (χ3n) is 4.10. The minimum absolute atomic E-state index is 0.0645. The number of nitrogens with zero attached hydrogens (tertiary/aromatic N) is 1. The highest BCUT2D eigenvalue weighted by molar-refractivity contribution is 5.74. The Kier molecular flexibility index (Phi) is 7.12. The molecule has 0 spiro atoms. The van der Waals surface area contributed by atoms with Gasteiger partial charge in [0.25, 0.3) is 0 Å². The molecule has 29 heavy (non-hydrogen) atoms. The third-order valence-corrected chi connectivity index (χ3v) is 4.10. The van der Waals surface area contributed by atoms with E-state index in [1.807, 2.05) is 0 Å². The monoisotopic (exact) mass is 416 g/mol. The van der Waals surface area contributed by atoms with Crippen molar-refractivity contribution in [3.05, 3.63) is 23.5 Å². The largest absolute Gasteiger partial charge is 0.548 e. The summed E-state index contributed by atoms with van der Waals surface area (Å²) >= 11 is 0. The van der Waals surface area contributed by atoms with Crippen LogP contribution < -0.4 is 26.9 Å². The van der Waals surface area contributed by atoms with Crippen molar-refractivity contribution in [3.8, 4) is 5.75 Å². The van der Waals surface area contributed by atoms with Gasteiger partial charge in [-0.05, 0) is 25.6 Å². The highest BCUT2D eigenvalue weighted by Gasteiger charge is 2.22. The molecular formula is C18H28N4O7. The van der Waals surface area contributed by atoms with E-state index in [2.05, 4.69) is 0 Å². The average Bonchev–Trinajstić information content (AvgIpc) is 2.66. The molecular weight excluding hydrogens is 384 g/mol. The molecule has 1 heterocycles. The van der Waals surface area contributed by atoms with E-state index in [0.717, 1.165) is 10.8 Å². The molecule has 0 aliphatic carbocycles. The van der Waals surface area contributed by atoms with Crippen LogP contribution in [-0.2, 0) is 33.8 Å². The Morgan fingerprint density at radius 3 is 2.21 bits per heavy atom. The second kappa shape index (κ2) is 11.3. The number of hydrogen-bond donors (Lipinski definition) is 6. The quantitative estimate of drug-likeness (QED) is 0.182. The number of pyridine rings is 1. The standard InChI is InChI=1S/C18H28N4O7/c19-12(16(24)25)3-1-2-6-22-8-10(4-5-13(20)17(26)27)11(15(23)9-22)7-14(21)18(28)29/h8-9,12-14H,1-7,19-21H2,(H3-,23,24,25,26,27,28,29)/t12-,13-,14-/m0/s1/i1D2,2D2. The number of carbonyl (C=O) groups excluding carboxylic acids is 1. The fourth-order valence-electron chi connectivity index (χ4n) is 2.41. The first kappa shape index (κ1) is 18.3. The van der Waals surface area contributed by atoms with E-state index in [0.29, 0.717) is 0 Å². The highest BCUT2D eigenvalue weighted by Crippen LogP contribution is 2.22. The van der Waals surface area contributed by atoms with Crippen LogP contribution in [0.1, 0.15) is 42.2 Å². The van der Waals surface area contributed by atoms with Crippen molar-refractivity contribution in [1.82, 2.24) is 0 Å². The molecule has 0 amide bonds. The van der Waals surface area contributed by atoms with Gasteiger partial charge in [-0.15, -0.1) is 0 Å². The van der Waals surface area contributed by atoms with Gasteiger partial charge in [0, 0.05) is 35.4 Å². The predicted octanol–water partition coefficient (Wildman–Crippen LogP) is -2.77. The number of aromatic nitrogens is 1. The summed E-state index contributed by atoms with van der Waals surface area (Å²) in [5.74, 6) is -4.83. The molecule has 11 nitrogen and oxygen atoms in total. The van der Waals surface area contributed by atoms with Crippen LogP contribution in [0.15, 0.2) is 12.4 Å². The number of carbonyl (C=O) groups is 3. The van der Waals surface area contributed by atoms with Gasteiger partial charge in [0.05, 0.1) is 5.97 Å². The Labute approximate surface area is 173 Å². The maximum Gasteiger partial charge on any atom is 0.320 e. The lowest BCUT2D eigenvalue weighted by Gasteiger charge is -2.16. The smallest absolute Gasteiger partial charge is 0.320 e. The second-order valence-electron chi connectivity index (χ2n) is 6.44. The molecule has 3 atom stereocenters. The lowest BCUT2D eigenvalue weighted by Crippen LogP contribution is -2.42. The molecule has 0 saturated carbocycles. The van der Waals surface area contributed by atoms with Gasteiger partial charge < -0.3 is 42.4 Å². The number of aryl methyl sites for hydroxylation is 2. The first-order chi connectivity index (χ1) is 15.0. The fourth-order valence-corrected chi connectivity index (χ4v) is 2.41. The van der Waals surface area contributed by atoms with Crippen molar-refractivity contribution in [1.29, 1.82) is 0 Å². The first-order valence-corrected chi connectivity index (χ1v) is 8.65. The van der Waals surface area contributed by atoms with E-state index < -0.39 is 67.5 Å². The van der Waals surface area contributed by atoms with Crippen LogP contribution in [0, 0.1) is 0 Å². The van der Waals surface area contributed by atoms with E-state index in [9.17, 15) is 24.6 Å². The third kappa shape index (κ3) is 8.02. The molecule has 0 bridgehead atoms. The van der Waals surface area contributed by atoms with E-state index in [1.54, 1.807) is 0 Å². The topological polar surface area (TPSA) is 217 Å². The first-order valence-electron chi connectivity index (χ1n) is 10.7. The minimum Gasteiger partial charge on any atom is -0.548 e. The number of hydrogen-bond acceptors (Lipinski definition) is 8. The van der Waals surface area contributed by atoms with Crippen molar-refractivity contribution in [2.24, 2.45) is 17.2 Å². The lowest BCUT2D eigenvalue weighted by atomic mass is 9.96. The second-order valence-corrected chi connectivity index (χ2v) is 6.44. The number of rotatable bonds is 13. The van der Waals surface area contributed by atoms with Gasteiger partial charge in [-0.25, -0.2) is 4.57 Å². The lowest BCUT2D eigenvalue weighted by molar-refractivity contribution is -0.698. The van der Waals surface area contributed by atoms with Crippen LogP contribution in [0.3, 0.4) is 0 Å². The van der Waals surface area contributed by atoms with Crippen LogP contribution in [0.5, 0.6) is 5.75 Å². The van der Waals surface area contributed by atoms with E-state index >= 15 is 0 Å². The molecule has 162 valence electrons. The van der Waals surface area contributed by atoms with Gasteiger partial charge in [0.1, 0.15) is 18.6 Å². The average molecular weight is 416 g/mol. The van der Waals surface area contributed by atoms with Gasteiger partial charge in [0.2, 0.25) is 6.20 Å². The summed E-state index contributed by atoms with van der Waals surface area (Å²) in [5.41, 5.74) is 16.6. The summed E-state index contributed by atoms with van der Waals surface area (Å²) in [6, 6.07) is -4.40. The van der Waals surface area contributed by atoms with Crippen LogP contribution >= 0.6 is 0 Å². The van der Waals surface area contributed by atoms with Crippen molar-refractivity contribution in [3.63, 3.8) is 0 Å². The molecule has 0 fully saturated rings. The number of nitrogens with two attached hydrogens (primary N) is 3. The highest BCUT2D eigenvalue weighted by atomic mass is 16.4. The zero-order valence-electron chi connectivity index (χ0n) is 19.6. The number of aromatic hydroxyl groups is 1. The van der Waals surface area contributed by atoms with Gasteiger partial charge >= 0.3 is 11.9 Å². The molecule has 0 aliphatic heterocycles. The molecule has 1 aromatic rings. The van der Waals surface area contributed by atoms with Crippen molar-refractivity contribution < 1.29 is 44.9 Å². The number of carboxylic acids is 3. The Morgan fingerprint density at radius 2 is 1.66 bits per heavy atom. The minimum atomic E-state index is -2.67. The SMILES string of the molecule is [2H]C([2H])(C[C@H](N)C(=O)O)C([2H])([2H])C[n+]1cc(O)c(C[C@H](N)C(=O)O)c(CC[C@H](N)C(=O)[O-])c1. The molecule has 1 rings (SSSR count). The Balaban J connectivity index is 3.31. The Morgan fingerprint density at radius 1 is 1.03 bits per heavy atom. The molecule has 0 radical (unpaired) electrons. The Hall–Kier alpha value is -2.76. The fraction of sp³-hybridized carbons (Fsp3) is 0.556. The van der Waals surface area contributed by atoms with Crippen LogP contribution in [0.4, 0.5) is 0 Å². The summed E-state index contributed by atoms with van der Waals surface area (Å²) < 4.78 is 33.3. The molecule has 0 unspecified atom stereocenters. The molecule has 0 saturated heterocycles. The van der Waals surface area contributed by atoms with Gasteiger partial charge in [0.15, 0.2) is 11.9 Å². The number of aliphatic carboxylic acids is 3.